The van der Waals surface area contributed by atoms with Crippen LogP contribution in [0.2, 0.25) is 0 Å². The fraction of sp³-hybridized carbons (Fsp3) is 0.571. The highest BCUT2D eigenvalue weighted by Gasteiger charge is 2.54. The molecule has 35 heavy (non-hydrogen) atoms. The highest BCUT2D eigenvalue weighted by Crippen LogP contribution is 2.60. The van der Waals surface area contributed by atoms with E-state index in [4.69, 9.17) is 4.74 Å². The SMILES string of the molecule is CCOC(=O)c1c(NC(=O)C23CC4CC(CC(C4)C2)C3)sc2c1CCN(Cc1ccccc1)C2.Cl. The molecule has 0 atom stereocenters. The second-order valence-electron chi connectivity index (χ2n) is 11.0. The molecule has 1 N–H and O–H groups in total. The molecule has 7 rings (SSSR count). The third-order valence-corrected chi connectivity index (χ3v) is 9.74. The summed E-state index contributed by atoms with van der Waals surface area (Å²) < 4.78 is 5.45. The third-order valence-electron chi connectivity index (χ3n) is 8.61. The molecule has 7 heteroatoms. The Kier molecular flexibility index (Phi) is 6.99. The van der Waals surface area contributed by atoms with Gasteiger partial charge >= 0.3 is 5.97 Å². The summed E-state index contributed by atoms with van der Waals surface area (Å²) in [6.45, 7) is 4.77. The summed E-state index contributed by atoms with van der Waals surface area (Å²) in [5.41, 5.74) is 2.75. The van der Waals surface area contributed by atoms with Gasteiger partial charge in [0.05, 0.1) is 17.6 Å². The average molecular weight is 515 g/mol. The smallest absolute Gasteiger partial charge is 0.341 e. The van der Waals surface area contributed by atoms with Gasteiger partial charge in [-0.25, -0.2) is 4.79 Å². The van der Waals surface area contributed by atoms with Crippen molar-refractivity contribution in [3.05, 3.63) is 51.9 Å². The van der Waals surface area contributed by atoms with Crippen molar-refractivity contribution in [2.45, 2.75) is 65.0 Å². The number of halogens is 1. The van der Waals surface area contributed by atoms with Crippen LogP contribution >= 0.6 is 23.7 Å². The number of ether oxygens (including phenoxy) is 1. The van der Waals surface area contributed by atoms with E-state index in [1.807, 2.05) is 13.0 Å². The van der Waals surface area contributed by atoms with E-state index in [0.29, 0.717) is 34.9 Å². The molecule has 5 nitrogen and oxygen atoms in total. The molecule has 4 saturated carbocycles. The van der Waals surface area contributed by atoms with E-state index in [1.165, 1.54) is 29.7 Å². The number of anilines is 1. The zero-order chi connectivity index (χ0) is 23.3. The second kappa shape index (κ2) is 9.87. The molecule has 0 radical (unpaired) electrons. The number of esters is 1. The number of thiophene rings is 1. The first-order valence-electron chi connectivity index (χ1n) is 12.9. The number of nitrogens with zero attached hydrogens (tertiary/aromatic N) is 1. The van der Waals surface area contributed by atoms with Gasteiger partial charge in [0.15, 0.2) is 0 Å². The molecule has 2 heterocycles. The average Bonchev–Trinajstić information content (AvgIpc) is 3.16. The summed E-state index contributed by atoms with van der Waals surface area (Å²) >= 11 is 1.59. The van der Waals surface area contributed by atoms with Crippen molar-refractivity contribution in [2.24, 2.45) is 23.2 Å². The molecule has 1 aromatic carbocycles. The fourth-order valence-electron chi connectivity index (χ4n) is 7.56. The Morgan fingerprint density at radius 2 is 1.74 bits per heavy atom. The normalized spacial score (nSPS) is 28.8. The standard InChI is InChI=1S/C28H34N2O3S.ClH/c1-2-33-26(31)24-22-8-9-30(16-18-6-4-3-5-7-18)17-23(22)34-25(24)29-27(32)28-13-19-10-20(14-28)12-21(11-19)15-28;/h3-7,19-21H,2,8-17H2,1H3,(H,29,32);1H. The van der Waals surface area contributed by atoms with Crippen LogP contribution in [-0.4, -0.2) is 29.9 Å². The Labute approximate surface area is 218 Å². The number of benzene rings is 1. The van der Waals surface area contributed by atoms with E-state index in [-0.39, 0.29) is 29.7 Å². The van der Waals surface area contributed by atoms with Gasteiger partial charge in [0.2, 0.25) is 5.91 Å². The van der Waals surface area contributed by atoms with E-state index in [2.05, 4.69) is 34.5 Å². The molecule has 0 spiro atoms. The summed E-state index contributed by atoms with van der Waals surface area (Å²) in [5.74, 6) is 1.99. The van der Waals surface area contributed by atoms with Crippen LogP contribution in [0.4, 0.5) is 5.00 Å². The first kappa shape index (κ1) is 24.8. The third kappa shape index (κ3) is 4.65. The minimum atomic E-state index is -0.294. The number of nitrogens with one attached hydrogen (secondary N) is 1. The lowest BCUT2D eigenvalue weighted by molar-refractivity contribution is -0.140. The molecule has 188 valence electrons. The number of carbonyl (C=O) groups is 2. The lowest BCUT2D eigenvalue weighted by atomic mass is 9.49. The van der Waals surface area contributed by atoms with Crippen molar-refractivity contribution in [2.75, 3.05) is 18.5 Å². The van der Waals surface area contributed by atoms with Gasteiger partial charge in [-0.3, -0.25) is 9.69 Å². The van der Waals surface area contributed by atoms with Crippen LogP contribution in [0.5, 0.6) is 0 Å². The maximum absolute atomic E-state index is 13.8. The molecule has 1 amide bonds. The lowest BCUT2D eigenvalue weighted by Crippen LogP contribution is -2.51. The first-order chi connectivity index (χ1) is 16.5. The van der Waals surface area contributed by atoms with Crippen molar-refractivity contribution in [3.63, 3.8) is 0 Å². The summed E-state index contributed by atoms with van der Waals surface area (Å²) in [6.07, 6.45) is 7.81. The number of hydrogen-bond acceptors (Lipinski definition) is 5. The molecular formula is C28H35ClN2O3S. The Balaban J connectivity index is 0.00000253. The molecular weight excluding hydrogens is 480 g/mol. The van der Waals surface area contributed by atoms with Crippen LogP contribution in [0.1, 0.15) is 71.8 Å². The molecule has 4 fully saturated rings. The Morgan fingerprint density at radius 3 is 2.37 bits per heavy atom. The van der Waals surface area contributed by atoms with Crippen molar-refractivity contribution >= 4 is 40.6 Å². The molecule has 1 aliphatic heterocycles. The van der Waals surface area contributed by atoms with Crippen LogP contribution < -0.4 is 5.32 Å². The zero-order valence-corrected chi connectivity index (χ0v) is 22.0. The number of rotatable bonds is 6. The van der Waals surface area contributed by atoms with Crippen LogP contribution in [0.25, 0.3) is 0 Å². The predicted molar refractivity (Wildman–Crippen MR) is 141 cm³/mol. The van der Waals surface area contributed by atoms with E-state index in [9.17, 15) is 9.59 Å². The summed E-state index contributed by atoms with van der Waals surface area (Å²) in [7, 11) is 0. The summed E-state index contributed by atoms with van der Waals surface area (Å²) in [4.78, 5) is 30.4. The van der Waals surface area contributed by atoms with Gasteiger partial charge in [0.25, 0.3) is 0 Å². The Bertz CT molecular complexity index is 1060. The molecule has 5 aliphatic rings. The number of hydrogen-bond donors (Lipinski definition) is 1. The van der Waals surface area contributed by atoms with Crippen molar-refractivity contribution in [1.82, 2.24) is 4.90 Å². The quantitative estimate of drug-likeness (QED) is 0.476. The minimum absolute atomic E-state index is 0. The topological polar surface area (TPSA) is 58.6 Å². The highest BCUT2D eigenvalue weighted by atomic mass is 35.5. The molecule has 2 aromatic rings. The molecule has 1 aromatic heterocycles. The van der Waals surface area contributed by atoms with E-state index in [1.54, 1.807) is 11.3 Å². The van der Waals surface area contributed by atoms with Gasteiger partial charge in [-0.2, -0.15) is 0 Å². The second-order valence-corrected chi connectivity index (χ2v) is 12.1. The van der Waals surface area contributed by atoms with Gasteiger partial charge in [0.1, 0.15) is 5.00 Å². The summed E-state index contributed by atoms with van der Waals surface area (Å²) in [5, 5.41) is 4.00. The maximum Gasteiger partial charge on any atom is 0.341 e. The van der Waals surface area contributed by atoms with E-state index < -0.39 is 0 Å². The van der Waals surface area contributed by atoms with Crippen molar-refractivity contribution in [3.8, 4) is 0 Å². The van der Waals surface area contributed by atoms with E-state index in [0.717, 1.165) is 50.9 Å². The Morgan fingerprint density at radius 1 is 1.09 bits per heavy atom. The minimum Gasteiger partial charge on any atom is -0.462 e. The van der Waals surface area contributed by atoms with Crippen LogP contribution in [-0.2, 0) is 29.0 Å². The van der Waals surface area contributed by atoms with Crippen molar-refractivity contribution < 1.29 is 14.3 Å². The maximum atomic E-state index is 13.8. The first-order valence-corrected chi connectivity index (χ1v) is 13.7. The molecule has 0 saturated heterocycles. The van der Waals surface area contributed by atoms with Crippen LogP contribution in [0.3, 0.4) is 0 Å². The van der Waals surface area contributed by atoms with Crippen molar-refractivity contribution in [1.29, 1.82) is 0 Å². The van der Waals surface area contributed by atoms with Gasteiger partial charge in [-0.15, -0.1) is 23.7 Å². The monoisotopic (exact) mass is 514 g/mol. The highest BCUT2D eigenvalue weighted by molar-refractivity contribution is 7.17. The van der Waals surface area contributed by atoms with Gasteiger partial charge in [0, 0.05) is 24.5 Å². The number of carbonyl (C=O) groups excluding carboxylic acids is 2. The molecule has 0 unspecified atom stereocenters. The van der Waals surface area contributed by atoms with Crippen LogP contribution in [0.15, 0.2) is 30.3 Å². The molecule has 4 bridgehead atoms. The predicted octanol–water partition coefficient (Wildman–Crippen LogP) is 6.06. The largest absolute Gasteiger partial charge is 0.462 e. The van der Waals surface area contributed by atoms with Gasteiger partial charge in [-0.05, 0) is 80.8 Å². The lowest BCUT2D eigenvalue weighted by Gasteiger charge is -2.55. The number of fused-ring (bicyclic) bond motifs is 1. The number of amides is 1. The summed E-state index contributed by atoms with van der Waals surface area (Å²) in [6, 6.07) is 10.5. The van der Waals surface area contributed by atoms with Gasteiger partial charge < -0.3 is 10.1 Å². The Hall–Kier alpha value is -1.89. The zero-order valence-electron chi connectivity index (χ0n) is 20.4. The fourth-order valence-corrected chi connectivity index (χ4v) is 8.84. The van der Waals surface area contributed by atoms with Gasteiger partial charge in [-0.1, -0.05) is 30.3 Å². The molecule has 4 aliphatic carbocycles. The van der Waals surface area contributed by atoms with Crippen LogP contribution in [0, 0.1) is 23.2 Å². The van der Waals surface area contributed by atoms with E-state index >= 15 is 0 Å².